The van der Waals surface area contributed by atoms with Gasteiger partial charge in [0.1, 0.15) is 256 Å². The number of nitrogens with one attached hydrogen (secondary N) is 5. The van der Waals surface area contributed by atoms with E-state index in [1.54, 1.807) is 0 Å². The van der Waals surface area contributed by atoms with Gasteiger partial charge in [-0.2, -0.15) is 0 Å². The van der Waals surface area contributed by atoms with E-state index in [0.29, 0.717) is 0 Å². The molecule has 11 fully saturated rings. The summed E-state index contributed by atoms with van der Waals surface area (Å²) in [7, 11) is 0. The number of carbonyl (C=O) groups is 5. The van der Waals surface area contributed by atoms with E-state index in [1.807, 2.05) is 0 Å². The van der Waals surface area contributed by atoms with Gasteiger partial charge in [-0.1, -0.05) is 0 Å². The molecule has 135 heavy (non-hydrogen) atoms. The molecular weight excluding hydrogens is 1850 g/mol. The van der Waals surface area contributed by atoms with Gasteiger partial charge in [0, 0.05) is 34.6 Å². The SMILES string of the molecule is CC(=O)N[C@@H]1[C@H](O[C@@H]2[C@@H](O[C@@H]3[C@H](O)[C@H](O[C@H]4[C@H](O)[C@@H](NC(C)=O)[C@H](O[C@H]5[C@H](O)[C@@H](NC(C)=O)[C@H](O)O[C@@H]5CO[C@@H]5O[C@@H](C)[C@@H](O)[C@@H](O)[C@@H]5O)O[C@@H]4CO)O[C@H](CO[C@H]4O[C@H](CO)[C@@H](O)[C@H](O)[C@@H]4O[C@@H]4O[C@H](CO)[C@@H](O[C@@H]5O[C@H](CO)[C@H](O)[C@H](O)[C@H]5O)[C@H](O)[C@H]4NC(C)=O)[C@H]3O)O[C@H](CO)[C@@H](O)[C@@H]2O)O[C@H](CO)[C@@H](O[C@@H]2O[C@H](CO)[C@H](O)[C@H](O)[C@H]2NC(C)=O)[C@@H]1O[C@@H]1O[C@@H](C)[C@@H](O)[C@@H](O)[C@@H]1O. The molecule has 0 aromatic rings. The van der Waals surface area contributed by atoms with Crippen molar-refractivity contribution in [2.45, 2.75) is 386 Å². The summed E-state index contributed by atoms with van der Waals surface area (Å²) in [5.74, 6) is -4.78. The minimum absolute atomic E-state index is 0.863. The number of ether oxygens (including phenoxy) is 21. The molecule has 0 aliphatic carbocycles. The Morgan fingerprint density at radius 2 is 0.481 bits per heavy atom. The lowest BCUT2D eigenvalue weighted by Crippen LogP contribution is -2.72. The summed E-state index contributed by atoms with van der Waals surface area (Å²) >= 11 is 0. The van der Waals surface area contributed by atoms with E-state index >= 15 is 0 Å². The molecule has 55 atom stereocenters. The van der Waals surface area contributed by atoms with Crippen LogP contribution < -0.4 is 26.6 Å². The van der Waals surface area contributed by atoms with Crippen LogP contribution in [0.1, 0.15) is 48.5 Å². The predicted octanol–water partition coefficient (Wildman–Crippen LogP) is -22.2. The summed E-state index contributed by atoms with van der Waals surface area (Å²) in [5.41, 5.74) is 0. The Morgan fingerprint density at radius 3 is 0.941 bits per heavy atom. The number of hydrogen-bond donors (Lipinski definition) is 33. The fourth-order valence-corrected chi connectivity index (χ4v) is 17.6. The van der Waals surface area contributed by atoms with Crippen molar-refractivity contribution in [1.82, 2.24) is 26.6 Å². The molecule has 0 aromatic carbocycles. The second-order valence-electron chi connectivity index (χ2n) is 34.5. The topological polar surface area (TPSA) is 906 Å². The number of amides is 5. The third kappa shape index (κ3) is 24.7. The molecule has 0 aromatic heterocycles. The smallest absolute Gasteiger partial charge is 0.217 e. The average molecular weight is 1970 g/mol. The first-order valence-electron chi connectivity index (χ1n) is 43.4. The van der Waals surface area contributed by atoms with Crippen molar-refractivity contribution in [1.29, 1.82) is 0 Å². The van der Waals surface area contributed by atoms with Crippen LogP contribution in [0.15, 0.2) is 0 Å². The van der Waals surface area contributed by atoms with E-state index < -0.39 is 426 Å². The lowest BCUT2D eigenvalue weighted by atomic mass is 9.93. The van der Waals surface area contributed by atoms with E-state index in [-0.39, 0.29) is 0 Å². The average Bonchev–Trinajstić information content (AvgIpc) is 0.751. The van der Waals surface area contributed by atoms with Crippen molar-refractivity contribution in [3.05, 3.63) is 0 Å². The van der Waals surface area contributed by atoms with Crippen LogP contribution in [0.3, 0.4) is 0 Å². The summed E-state index contributed by atoms with van der Waals surface area (Å²) < 4.78 is 127. The van der Waals surface area contributed by atoms with Gasteiger partial charge in [-0.25, -0.2) is 0 Å². The van der Waals surface area contributed by atoms with Crippen molar-refractivity contribution in [2.75, 3.05) is 59.5 Å². The number of hydrogen-bond acceptors (Lipinski definition) is 54. The third-order valence-electron chi connectivity index (χ3n) is 24.9. The maximum Gasteiger partial charge on any atom is 0.217 e. The van der Waals surface area contributed by atoms with E-state index in [0.717, 1.165) is 34.6 Å². The lowest BCUT2D eigenvalue weighted by Gasteiger charge is -2.52. The van der Waals surface area contributed by atoms with Gasteiger partial charge in [0.2, 0.25) is 29.5 Å². The zero-order valence-electron chi connectivity index (χ0n) is 73.3. The minimum Gasteiger partial charge on any atom is -0.394 e. The summed E-state index contributed by atoms with van der Waals surface area (Å²) in [5, 5.41) is 328. The monoisotopic (exact) mass is 1970 g/mol. The molecule has 59 nitrogen and oxygen atoms in total. The molecule has 11 saturated heterocycles. The first kappa shape index (κ1) is 111. The van der Waals surface area contributed by atoms with Crippen LogP contribution >= 0.6 is 0 Å². The Hall–Kier alpha value is -4.61. The second kappa shape index (κ2) is 48.2. The highest BCUT2D eigenvalue weighted by Gasteiger charge is 2.63. The maximum absolute atomic E-state index is 13.7. The van der Waals surface area contributed by atoms with Gasteiger partial charge in [-0.3, -0.25) is 24.0 Å². The van der Waals surface area contributed by atoms with Gasteiger partial charge in [0.25, 0.3) is 0 Å². The third-order valence-corrected chi connectivity index (χ3v) is 24.9. The van der Waals surface area contributed by atoms with Gasteiger partial charge in [-0.05, 0) is 13.8 Å². The van der Waals surface area contributed by atoms with Crippen molar-refractivity contribution in [2.24, 2.45) is 0 Å². The molecule has 0 radical (unpaired) electrons. The summed E-state index contributed by atoms with van der Waals surface area (Å²) in [4.78, 5) is 65.4. The van der Waals surface area contributed by atoms with Crippen LogP contribution in [0, 0.1) is 0 Å². The van der Waals surface area contributed by atoms with Crippen LogP contribution in [0.4, 0.5) is 0 Å². The van der Waals surface area contributed by atoms with Crippen LogP contribution in [0.25, 0.3) is 0 Å². The Labute approximate surface area is 765 Å². The van der Waals surface area contributed by atoms with Gasteiger partial charge >= 0.3 is 0 Å². The predicted molar refractivity (Wildman–Crippen MR) is 417 cm³/mol. The quantitative estimate of drug-likeness (QED) is 0.0284. The normalized spacial score (nSPS) is 49.5. The van der Waals surface area contributed by atoms with E-state index in [1.165, 1.54) is 13.8 Å². The highest BCUT2D eigenvalue weighted by atomic mass is 16.8. The van der Waals surface area contributed by atoms with Crippen LogP contribution in [0.2, 0.25) is 0 Å². The van der Waals surface area contributed by atoms with Crippen LogP contribution in [0.5, 0.6) is 0 Å². The van der Waals surface area contributed by atoms with Crippen LogP contribution in [-0.2, 0) is 123 Å². The molecule has 11 rings (SSSR count). The minimum atomic E-state index is -2.70. The highest BCUT2D eigenvalue weighted by molar-refractivity contribution is 5.75. The molecule has 0 bridgehead atoms. The zero-order valence-corrected chi connectivity index (χ0v) is 73.3. The molecule has 33 N–H and O–H groups in total. The van der Waals surface area contributed by atoms with E-state index in [4.69, 9.17) is 99.5 Å². The van der Waals surface area contributed by atoms with Crippen molar-refractivity contribution >= 4 is 29.5 Å². The van der Waals surface area contributed by atoms with Gasteiger partial charge in [0.05, 0.1) is 71.7 Å². The maximum atomic E-state index is 13.7. The molecule has 0 saturated carbocycles. The van der Waals surface area contributed by atoms with E-state index in [9.17, 15) is 167 Å². The summed E-state index contributed by atoms with van der Waals surface area (Å²) in [6, 6.07) is -9.72. The number of aliphatic hydroxyl groups excluding tert-OH is 28. The van der Waals surface area contributed by atoms with Gasteiger partial charge < -0.3 is 269 Å². The molecule has 59 heteroatoms. The van der Waals surface area contributed by atoms with Gasteiger partial charge in [-0.15, -0.1) is 0 Å². The second-order valence-corrected chi connectivity index (χ2v) is 34.5. The lowest BCUT2D eigenvalue weighted by molar-refractivity contribution is -0.402. The Balaban J connectivity index is 0.959. The molecule has 11 heterocycles. The fraction of sp³-hybridized carbons (Fsp3) is 0.934. The zero-order chi connectivity index (χ0) is 99.4. The Kier molecular flexibility index (Phi) is 39.5. The Morgan fingerprint density at radius 1 is 0.207 bits per heavy atom. The largest absolute Gasteiger partial charge is 0.394 e. The van der Waals surface area contributed by atoms with Gasteiger partial charge in [0.15, 0.2) is 69.2 Å². The number of carbonyl (C=O) groups excluding carboxylic acids is 5. The molecule has 5 amide bonds. The molecule has 0 unspecified atom stereocenters. The standard InChI is InChI=1S/C76H127N5O54/c1-17-38(94)49(105)54(110)71(117-17)115-16-32-60(46(102)33(66(114)119-32)77-19(3)89)128-68-35(79-21(5)91)47(103)59(29(13-87)124-68)130-74-57(113)63(44(100)31(127-74)15-116-75-64(52(108)42(98)26(10-84)122-75)134-69-36(80-22(6)92)48(104)58(28(12-86)125-69)129-73-56(112)51(107)41(97)25(9-83)121-73)133-76-65(53(109)43(99)27(11-85)123-76)135-70-37(81-23(7)93)62(132-72-55(111)50(106)39(95)18(2)118-72)61(30(14-88)126-70)131-67-34(78-20(4)90)45(101)40(96)24(8-82)120-67/h17-18,24-76,82-88,94-114H,8-16H2,1-7H3,(H,77,89)(H,78,90)(H,79,91)(H,80,92)(H,81,93)/t17-,18-,24+,25+,26+,27+,28+,29+,30+,31+,32+,33+,34+,35+,36+,37-,38+,39+,40-,41-,42+,43+,44+,45+,46+,47+,48+,49+,50+,51-,52-,53-,54-,55-,56+,57-,58+,59+,60+,61+,62+,63-,64-,65-,66+,67-,68-,69-,70-,71+,72-,73-,74-,75-,76+/m0/s1. The van der Waals surface area contributed by atoms with Crippen LogP contribution in [-0.4, -0.2) is 569 Å². The first-order valence-corrected chi connectivity index (χ1v) is 43.4. The summed E-state index contributed by atoms with van der Waals surface area (Å²) in [6.07, 6.45) is -105. The highest BCUT2D eigenvalue weighted by Crippen LogP contribution is 2.42. The first-order chi connectivity index (χ1) is 63.8. The molecular formula is C76H127N5O54. The molecule has 780 valence electrons. The fourth-order valence-electron chi connectivity index (χ4n) is 17.6. The Bertz CT molecular complexity index is 3750. The molecule has 11 aliphatic heterocycles. The van der Waals surface area contributed by atoms with Crippen molar-refractivity contribution < 1.29 is 266 Å². The molecule has 11 aliphatic rings. The number of aliphatic hydroxyl groups is 28. The number of rotatable bonds is 34. The molecule has 0 spiro atoms. The van der Waals surface area contributed by atoms with Crippen molar-refractivity contribution in [3.8, 4) is 0 Å². The van der Waals surface area contributed by atoms with Crippen molar-refractivity contribution in [3.63, 3.8) is 0 Å². The summed E-state index contributed by atoms with van der Waals surface area (Å²) in [6.45, 7) is -3.13. The van der Waals surface area contributed by atoms with E-state index in [2.05, 4.69) is 26.6 Å².